The first-order valence-electron chi connectivity index (χ1n) is 8.95. The van der Waals surface area contributed by atoms with Gasteiger partial charge in [-0.2, -0.15) is 4.98 Å². The molecule has 0 aliphatic carbocycles. The van der Waals surface area contributed by atoms with Gasteiger partial charge in [0.15, 0.2) is 11.5 Å². The van der Waals surface area contributed by atoms with Crippen LogP contribution in [0.5, 0.6) is 17.2 Å². The zero-order chi connectivity index (χ0) is 20.2. The lowest BCUT2D eigenvalue weighted by Gasteiger charge is -2.15. The number of rotatable bonds is 7. The molecule has 0 saturated heterocycles. The molecule has 2 heterocycles. The maximum Gasteiger partial charge on any atom is 0.244 e. The highest BCUT2D eigenvalue weighted by Gasteiger charge is 2.13. The molecule has 8 heteroatoms. The van der Waals surface area contributed by atoms with Gasteiger partial charge in [0.05, 0.1) is 26.8 Å². The van der Waals surface area contributed by atoms with Gasteiger partial charge >= 0.3 is 0 Å². The number of hydrogen-bond donors (Lipinski definition) is 2. The summed E-state index contributed by atoms with van der Waals surface area (Å²) in [6, 6.07) is 15.5. The molecule has 4 aromatic rings. The van der Waals surface area contributed by atoms with E-state index in [1.165, 1.54) is 0 Å². The molecule has 0 bridgehead atoms. The van der Waals surface area contributed by atoms with Crippen LogP contribution < -0.4 is 25.0 Å². The summed E-state index contributed by atoms with van der Waals surface area (Å²) in [5.41, 5.74) is 4.99. The van der Waals surface area contributed by atoms with Crippen molar-refractivity contribution in [2.24, 2.45) is 0 Å². The zero-order valence-electron chi connectivity index (χ0n) is 16.3. The number of methoxy groups -OCH3 is 3. The average molecular weight is 391 g/mol. The normalized spacial score (nSPS) is 10.6. The largest absolute Gasteiger partial charge is 0.493 e. The van der Waals surface area contributed by atoms with Crippen LogP contribution >= 0.6 is 0 Å². The lowest BCUT2D eigenvalue weighted by Crippen LogP contribution is -2.10. The molecule has 148 valence electrons. The van der Waals surface area contributed by atoms with Gasteiger partial charge in [0.2, 0.25) is 11.7 Å². The third-order valence-electron chi connectivity index (χ3n) is 4.41. The molecular formula is C21H21N5O3. The second-order valence-corrected chi connectivity index (χ2v) is 6.16. The molecule has 2 aromatic heterocycles. The van der Waals surface area contributed by atoms with E-state index in [0.29, 0.717) is 29.0 Å². The molecule has 0 amide bonds. The van der Waals surface area contributed by atoms with E-state index in [1.807, 2.05) is 47.3 Å². The summed E-state index contributed by atoms with van der Waals surface area (Å²) in [5, 5.41) is 4.38. The molecule has 29 heavy (non-hydrogen) atoms. The molecule has 0 aliphatic heterocycles. The molecule has 0 saturated carbocycles. The standard InChI is InChI=1S/C21H21N5O3/c1-27-17-12-15(13-18(28-2)20(17)29-3)23-19-8-10-22-21(24-19)25-26-11-9-14-6-4-5-7-16(14)26/h4-13H,1-3H3,(H2,22,23,24,25). The Morgan fingerprint density at radius 3 is 2.38 bits per heavy atom. The van der Waals surface area contributed by atoms with Gasteiger partial charge in [-0.15, -0.1) is 0 Å². The number of anilines is 3. The maximum atomic E-state index is 5.40. The molecule has 2 N–H and O–H groups in total. The Kier molecular flexibility index (Phi) is 5.07. The number of nitrogens with one attached hydrogen (secondary N) is 2. The third-order valence-corrected chi connectivity index (χ3v) is 4.41. The number of ether oxygens (including phenoxy) is 3. The quantitative estimate of drug-likeness (QED) is 0.491. The fraction of sp³-hybridized carbons (Fsp3) is 0.143. The molecular weight excluding hydrogens is 370 g/mol. The van der Waals surface area contributed by atoms with E-state index >= 15 is 0 Å². The van der Waals surface area contributed by atoms with Crippen molar-refractivity contribution < 1.29 is 14.2 Å². The number of para-hydroxylation sites is 1. The minimum Gasteiger partial charge on any atom is -0.493 e. The SMILES string of the molecule is COc1cc(Nc2ccnc(Nn3ccc4ccccc43)n2)cc(OC)c1OC. The molecule has 0 atom stereocenters. The first kappa shape index (κ1) is 18.4. The van der Waals surface area contributed by atoms with E-state index < -0.39 is 0 Å². The van der Waals surface area contributed by atoms with Crippen LogP contribution in [0, 0.1) is 0 Å². The number of benzene rings is 2. The zero-order valence-corrected chi connectivity index (χ0v) is 16.3. The van der Waals surface area contributed by atoms with Gasteiger partial charge in [-0.3, -0.25) is 10.1 Å². The van der Waals surface area contributed by atoms with Crippen LogP contribution in [0.1, 0.15) is 0 Å². The first-order chi connectivity index (χ1) is 14.2. The van der Waals surface area contributed by atoms with Crippen LogP contribution in [-0.2, 0) is 0 Å². The van der Waals surface area contributed by atoms with Crippen LogP contribution in [0.2, 0.25) is 0 Å². The molecule has 0 aliphatic rings. The van der Waals surface area contributed by atoms with Crippen molar-refractivity contribution in [3.05, 3.63) is 60.9 Å². The predicted octanol–water partition coefficient (Wildman–Crippen LogP) is 4.08. The van der Waals surface area contributed by atoms with Crippen molar-refractivity contribution >= 4 is 28.4 Å². The van der Waals surface area contributed by atoms with E-state index in [-0.39, 0.29) is 0 Å². The Hall–Kier alpha value is -3.94. The highest BCUT2D eigenvalue weighted by molar-refractivity contribution is 5.80. The summed E-state index contributed by atoms with van der Waals surface area (Å²) in [6.45, 7) is 0. The summed E-state index contributed by atoms with van der Waals surface area (Å²) in [7, 11) is 4.73. The van der Waals surface area contributed by atoms with Crippen LogP contribution in [0.3, 0.4) is 0 Å². The van der Waals surface area contributed by atoms with Crippen LogP contribution in [0.25, 0.3) is 10.9 Å². The fourth-order valence-corrected chi connectivity index (χ4v) is 3.07. The molecule has 0 fully saturated rings. The second kappa shape index (κ2) is 7.97. The van der Waals surface area contributed by atoms with Gasteiger partial charge in [-0.25, -0.2) is 4.98 Å². The van der Waals surface area contributed by atoms with Crippen LogP contribution in [0.15, 0.2) is 60.9 Å². The molecule has 0 spiro atoms. The van der Waals surface area contributed by atoms with Crippen molar-refractivity contribution in [2.75, 3.05) is 32.1 Å². The van der Waals surface area contributed by atoms with E-state index in [0.717, 1.165) is 16.6 Å². The summed E-state index contributed by atoms with van der Waals surface area (Å²) in [6.07, 6.45) is 3.62. The Labute approximate surface area is 168 Å². The van der Waals surface area contributed by atoms with Gasteiger partial charge in [-0.1, -0.05) is 18.2 Å². The summed E-state index contributed by atoms with van der Waals surface area (Å²) in [5.74, 6) is 2.73. The predicted molar refractivity (Wildman–Crippen MR) is 112 cm³/mol. The lowest BCUT2D eigenvalue weighted by atomic mass is 10.2. The maximum absolute atomic E-state index is 5.40. The van der Waals surface area contributed by atoms with Crippen molar-refractivity contribution in [3.8, 4) is 17.2 Å². The Bertz CT molecular complexity index is 1120. The van der Waals surface area contributed by atoms with Crippen molar-refractivity contribution in [1.29, 1.82) is 0 Å². The average Bonchev–Trinajstić information content (AvgIpc) is 3.16. The van der Waals surface area contributed by atoms with Gasteiger partial charge in [0, 0.05) is 35.6 Å². The van der Waals surface area contributed by atoms with Gasteiger partial charge in [0.25, 0.3) is 0 Å². The summed E-state index contributed by atoms with van der Waals surface area (Å²) >= 11 is 0. The van der Waals surface area contributed by atoms with E-state index in [9.17, 15) is 0 Å². The molecule has 2 aromatic carbocycles. The number of hydrogen-bond acceptors (Lipinski definition) is 7. The number of nitrogens with zero attached hydrogens (tertiary/aromatic N) is 3. The van der Waals surface area contributed by atoms with E-state index in [1.54, 1.807) is 33.6 Å². The number of fused-ring (bicyclic) bond motifs is 1. The molecule has 4 rings (SSSR count). The van der Waals surface area contributed by atoms with E-state index in [4.69, 9.17) is 14.2 Å². The van der Waals surface area contributed by atoms with E-state index in [2.05, 4.69) is 26.8 Å². The molecule has 0 radical (unpaired) electrons. The second-order valence-electron chi connectivity index (χ2n) is 6.16. The first-order valence-corrected chi connectivity index (χ1v) is 8.95. The highest BCUT2D eigenvalue weighted by Crippen LogP contribution is 2.40. The molecule has 0 unspecified atom stereocenters. The molecule has 8 nitrogen and oxygen atoms in total. The van der Waals surface area contributed by atoms with Crippen molar-refractivity contribution in [3.63, 3.8) is 0 Å². The van der Waals surface area contributed by atoms with Gasteiger partial charge in [0.1, 0.15) is 5.82 Å². The Balaban J connectivity index is 1.59. The number of aromatic nitrogens is 3. The monoisotopic (exact) mass is 391 g/mol. The Morgan fingerprint density at radius 1 is 0.897 bits per heavy atom. The Morgan fingerprint density at radius 2 is 1.66 bits per heavy atom. The van der Waals surface area contributed by atoms with Crippen molar-refractivity contribution in [2.45, 2.75) is 0 Å². The van der Waals surface area contributed by atoms with Gasteiger partial charge < -0.3 is 19.5 Å². The van der Waals surface area contributed by atoms with Gasteiger partial charge in [-0.05, 0) is 18.2 Å². The minimum absolute atomic E-state index is 0.462. The highest BCUT2D eigenvalue weighted by atomic mass is 16.5. The fourth-order valence-electron chi connectivity index (χ4n) is 3.07. The third kappa shape index (κ3) is 3.73. The van der Waals surface area contributed by atoms with Crippen molar-refractivity contribution in [1.82, 2.24) is 14.6 Å². The summed E-state index contributed by atoms with van der Waals surface area (Å²) < 4.78 is 18.0. The minimum atomic E-state index is 0.462. The lowest BCUT2D eigenvalue weighted by molar-refractivity contribution is 0.324. The summed E-state index contributed by atoms with van der Waals surface area (Å²) in [4.78, 5) is 8.84. The smallest absolute Gasteiger partial charge is 0.244 e. The topological polar surface area (TPSA) is 82.5 Å². The van der Waals surface area contributed by atoms with Crippen LogP contribution in [-0.4, -0.2) is 36.0 Å². The van der Waals surface area contributed by atoms with Crippen LogP contribution in [0.4, 0.5) is 17.5 Å².